The zero-order valence-electron chi connectivity index (χ0n) is 15.7. The number of carbonyl (C=O) groups is 3. The first-order valence-electron chi connectivity index (χ1n) is 9.08. The van der Waals surface area contributed by atoms with Gasteiger partial charge in [-0.2, -0.15) is 0 Å². The lowest BCUT2D eigenvalue weighted by molar-refractivity contribution is -0.143. The molecule has 0 unspecified atom stereocenters. The summed E-state index contributed by atoms with van der Waals surface area (Å²) in [5, 5.41) is 11.9. The molecule has 1 saturated heterocycles. The summed E-state index contributed by atoms with van der Waals surface area (Å²) in [6.07, 6.45) is 2.25. The number of anilines is 1. The molecule has 2 amide bonds. The molecule has 0 aromatic heterocycles. The minimum Gasteiger partial charge on any atom is -0.481 e. The number of benzene rings is 1. The minimum atomic E-state index is -0.788. The largest absolute Gasteiger partial charge is 0.481 e. The number of aliphatic carboxylic acids is 1. The molecule has 26 heavy (non-hydrogen) atoms. The summed E-state index contributed by atoms with van der Waals surface area (Å²) in [7, 11) is 0. The molecule has 2 rings (SSSR count). The maximum absolute atomic E-state index is 12.5. The van der Waals surface area contributed by atoms with Gasteiger partial charge in [-0.15, -0.1) is 0 Å². The van der Waals surface area contributed by atoms with Crippen LogP contribution in [0.25, 0.3) is 0 Å². The smallest absolute Gasteiger partial charge is 0.306 e. The molecule has 2 N–H and O–H groups in total. The fourth-order valence-electron chi connectivity index (χ4n) is 2.92. The molecule has 1 aromatic rings. The topological polar surface area (TPSA) is 86.7 Å². The Morgan fingerprint density at radius 3 is 2.19 bits per heavy atom. The number of amides is 2. The van der Waals surface area contributed by atoms with Crippen molar-refractivity contribution in [3.63, 3.8) is 0 Å². The molecule has 0 atom stereocenters. The summed E-state index contributed by atoms with van der Waals surface area (Å²) in [6.45, 7) is 7.21. The number of piperidine rings is 1. The molecule has 0 radical (unpaired) electrons. The lowest BCUT2D eigenvalue weighted by Gasteiger charge is -2.30. The van der Waals surface area contributed by atoms with Gasteiger partial charge < -0.3 is 15.3 Å². The lowest BCUT2D eigenvalue weighted by atomic mass is 9.90. The zero-order valence-corrected chi connectivity index (χ0v) is 15.7. The van der Waals surface area contributed by atoms with E-state index in [2.05, 4.69) is 26.1 Å². The SMILES string of the molecule is CC(C)(C)CCC(=O)Nc1ccc(C(=O)N2CCC(C(=O)O)CC2)cc1. The van der Waals surface area contributed by atoms with Crippen molar-refractivity contribution in [2.45, 2.75) is 46.5 Å². The van der Waals surface area contributed by atoms with Gasteiger partial charge in [-0.1, -0.05) is 20.8 Å². The predicted molar refractivity (Wildman–Crippen MR) is 100 cm³/mol. The van der Waals surface area contributed by atoms with E-state index in [1.165, 1.54) is 0 Å². The minimum absolute atomic E-state index is 0.0326. The van der Waals surface area contributed by atoms with E-state index in [9.17, 15) is 14.4 Å². The third kappa shape index (κ3) is 5.86. The maximum atomic E-state index is 12.5. The fourth-order valence-corrected chi connectivity index (χ4v) is 2.92. The van der Waals surface area contributed by atoms with Gasteiger partial charge in [0.15, 0.2) is 0 Å². The van der Waals surface area contributed by atoms with Crippen LogP contribution in [0.1, 0.15) is 56.8 Å². The molecule has 1 aliphatic rings. The van der Waals surface area contributed by atoms with Gasteiger partial charge in [0, 0.05) is 30.8 Å². The molecule has 6 heteroatoms. The monoisotopic (exact) mass is 360 g/mol. The number of carboxylic acids is 1. The van der Waals surface area contributed by atoms with Gasteiger partial charge >= 0.3 is 5.97 Å². The van der Waals surface area contributed by atoms with Gasteiger partial charge in [0.05, 0.1) is 5.92 Å². The Morgan fingerprint density at radius 1 is 1.12 bits per heavy atom. The number of carboxylic acid groups (broad SMARTS) is 1. The highest BCUT2D eigenvalue weighted by Crippen LogP contribution is 2.22. The van der Waals surface area contributed by atoms with E-state index in [4.69, 9.17) is 5.11 Å². The van der Waals surface area contributed by atoms with Crippen LogP contribution in [-0.4, -0.2) is 40.9 Å². The van der Waals surface area contributed by atoms with Crippen LogP contribution in [-0.2, 0) is 9.59 Å². The van der Waals surface area contributed by atoms with Crippen molar-refractivity contribution in [3.05, 3.63) is 29.8 Å². The van der Waals surface area contributed by atoms with Gasteiger partial charge in [0.2, 0.25) is 5.91 Å². The Labute approximate surface area is 154 Å². The van der Waals surface area contributed by atoms with E-state index < -0.39 is 5.97 Å². The average Bonchev–Trinajstić information content (AvgIpc) is 2.59. The van der Waals surface area contributed by atoms with E-state index in [-0.39, 0.29) is 23.1 Å². The van der Waals surface area contributed by atoms with Crippen LogP contribution in [0.2, 0.25) is 0 Å². The Balaban J connectivity index is 1.88. The highest BCUT2D eigenvalue weighted by atomic mass is 16.4. The van der Waals surface area contributed by atoms with Crippen molar-refractivity contribution in [2.75, 3.05) is 18.4 Å². The Bertz CT molecular complexity index is 653. The van der Waals surface area contributed by atoms with E-state index in [1.54, 1.807) is 29.2 Å². The zero-order chi connectivity index (χ0) is 19.3. The molecule has 1 fully saturated rings. The number of likely N-dealkylation sites (tertiary alicyclic amines) is 1. The number of hydrogen-bond acceptors (Lipinski definition) is 3. The van der Waals surface area contributed by atoms with Gasteiger partial charge in [-0.05, 0) is 48.9 Å². The van der Waals surface area contributed by atoms with E-state index in [0.717, 1.165) is 6.42 Å². The quantitative estimate of drug-likeness (QED) is 0.843. The van der Waals surface area contributed by atoms with Crippen molar-refractivity contribution in [1.82, 2.24) is 4.90 Å². The van der Waals surface area contributed by atoms with E-state index in [0.29, 0.717) is 43.6 Å². The van der Waals surface area contributed by atoms with Crippen LogP contribution in [0.15, 0.2) is 24.3 Å². The lowest BCUT2D eigenvalue weighted by Crippen LogP contribution is -2.40. The normalized spacial score (nSPS) is 15.6. The van der Waals surface area contributed by atoms with Crippen molar-refractivity contribution in [3.8, 4) is 0 Å². The molecule has 142 valence electrons. The van der Waals surface area contributed by atoms with Gasteiger partial charge in [-0.3, -0.25) is 14.4 Å². The highest BCUT2D eigenvalue weighted by Gasteiger charge is 2.27. The van der Waals surface area contributed by atoms with Crippen molar-refractivity contribution < 1.29 is 19.5 Å². The van der Waals surface area contributed by atoms with Gasteiger partial charge in [-0.25, -0.2) is 0 Å². The van der Waals surface area contributed by atoms with Crippen molar-refractivity contribution >= 4 is 23.5 Å². The summed E-state index contributed by atoms with van der Waals surface area (Å²) in [6, 6.07) is 6.86. The first-order valence-corrected chi connectivity index (χ1v) is 9.08. The van der Waals surface area contributed by atoms with E-state index >= 15 is 0 Å². The van der Waals surface area contributed by atoms with Gasteiger partial charge in [0.25, 0.3) is 5.91 Å². The summed E-state index contributed by atoms with van der Waals surface area (Å²) in [4.78, 5) is 37.2. The number of nitrogens with zero attached hydrogens (tertiary/aromatic N) is 1. The Kier molecular flexibility index (Phi) is 6.40. The molecule has 1 aromatic carbocycles. The molecule has 1 aliphatic heterocycles. The maximum Gasteiger partial charge on any atom is 0.306 e. The molecule has 0 spiro atoms. The molecule has 6 nitrogen and oxygen atoms in total. The van der Waals surface area contributed by atoms with Crippen LogP contribution in [0.5, 0.6) is 0 Å². The fraction of sp³-hybridized carbons (Fsp3) is 0.550. The van der Waals surface area contributed by atoms with Crippen LogP contribution in [0, 0.1) is 11.3 Å². The molecule has 0 bridgehead atoms. The number of nitrogens with one attached hydrogen (secondary N) is 1. The van der Waals surface area contributed by atoms with E-state index in [1.807, 2.05) is 0 Å². The van der Waals surface area contributed by atoms with Crippen molar-refractivity contribution in [1.29, 1.82) is 0 Å². The van der Waals surface area contributed by atoms with Crippen LogP contribution < -0.4 is 5.32 Å². The van der Waals surface area contributed by atoms with Crippen molar-refractivity contribution in [2.24, 2.45) is 11.3 Å². The predicted octanol–water partition coefficient (Wildman–Crippen LogP) is 3.39. The van der Waals surface area contributed by atoms with Crippen LogP contribution in [0.3, 0.4) is 0 Å². The number of rotatable bonds is 5. The standard InChI is InChI=1S/C20H28N2O4/c1-20(2,3)11-8-17(23)21-16-6-4-14(5-7-16)18(24)22-12-9-15(10-13-22)19(25)26/h4-7,15H,8-13H2,1-3H3,(H,21,23)(H,25,26). The number of carbonyl (C=O) groups excluding carboxylic acids is 2. The molecule has 0 saturated carbocycles. The summed E-state index contributed by atoms with van der Waals surface area (Å²) in [5.74, 6) is -1.28. The van der Waals surface area contributed by atoms with Gasteiger partial charge in [0.1, 0.15) is 0 Å². The van der Waals surface area contributed by atoms with Crippen LogP contribution in [0.4, 0.5) is 5.69 Å². The Morgan fingerprint density at radius 2 is 1.69 bits per heavy atom. The second-order valence-corrected chi connectivity index (χ2v) is 8.09. The second-order valence-electron chi connectivity index (χ2n) is 8.09. The third-order valence-electron chi connectivity index (χ3n) is 4.65. The molecule has 1 heterocycles. The Hall–Kier alpha value is -2.37. The molecular formula is C20H28N2O4. The third-order valence-corrected chi connectivity index (χ3v) is 4.65. The number of hydrogen-bond donors (Lipinski definition) is 2. The molecule has 0 aliphatic carbocycles. The average molecular weight is 360 g/mol. The van der Waals surface area contributed by atoms with Crippen LogP contribution >= 0.6 is 0 Å². The first-order chi connectivity index (χ1) is 12.2. The summed E-state index contributed by atoms with van der Waals surface area (Å²) < 4.78 is 0. The first kappa shape index (κ1) is 19.9. The highest BCUT2D eigenvalue weighted by molar-refractivity contribution is 5.96. The summed E-state index contributed by atoms with van der Waals surface area (Å²) in [5.41, 5.74) is 1.33. The molecular weight excluding hydrogens is 332 g/mol. The second kappa shape index (κ2) is 8.34. The summed E-state index contributed by atoms with van der Waals surface area (Å²) >= 11 is 0.